The zero-order valence-electron chi connectivity index (χ0n) is 13.0. The molecule has 6 nitrogen and oxygen atoms in total. The van der Waals surface area contributed by atoms with E-state index < -0.39 is 5.56 Å². The van der Waals surface area contributed by atoms with Crippen LogP contribution in [0.5, 0.6) is 11.5 Å². The number of ether oxygens (including phenoxy) is 2. The summed E-state index contributed by atoms with van der Waals surface area (Å²) in [5, 5.41) is 4.10. The van der Waals surface area contributed by atoms with Crippen molar-refractivity contribution in [1.29, 1.82) is 0 Å². The molecule has 0 aliphatic carbocycles. The van der Waals surface area contributed by atoms with Gasteiger partial charge in [0.05, 0.1) is 32.1 Å². The normalized spacial score (nSPS) is 10.9. The standard InChI is InChI=1S/C15H17Cl2N3O3/c1-19(9-20-15(21)14(17)12(16)7-18-20)8-10-4-5-11(22-2)6-13(10)23-3/h4-7H,8-9H2,1-3H3. The number of halogens is 2. The Balaban J connectivity index is 2.15. The van der Waals surface area contributed by atoms with Crippen molar-refractivity contribution in [3.05, 3.63) is 50.4 Å². The van der Waals surface area contributed by atoms with Crippen LogP contribution in [0.15, 0.2) is 29.2 Å². The van der Waals surface area contributed by atoms with Gasteiger partial charge in [-0.05, 0) is 13.1 Å². The lowest BCUT2D eigenvalue weighted by atomic mass is 10.2. The Kier molecular flexibility index (Phi) is 5.87. The topological polar surface area (TPSA) is 56.6 Å². The summed E-state index contributed by atoms with van der Waals surface area (Å²) in [6.07, 6.45) is 1.35. The maximum absolute atomic E-state index is 12.0. The van der Waals surface area contributed by atoms with E-state index in [1.807, 2.05) is 30.1 Å². The van der Waals surface area contributed by atoms with Crippen molar-refractivity contribution in [3.8, 4) is 11.5 Å². The molecule has 0 atom stereocenters. The molecule has 124 valence electrons. The first kappa shape index (κ1) is 17.6. The molecule has 23 heavy (non-hydrogen) atoms. The lowest BCUT2D eigenvalue weighted by molar-refractivity contribution is 0.236. The summed E-state index contributed by atoms with van der Waals surface area (Å²) in [7, 11) is 5.06. The average molecular weight is 358 g/mol. The number of benzene rings is 1. The van der Waals surface area contributed by atoms with Gasteiger partial charge in [0.1, 0.15) is 16.5 Å². The molecule has 0 fully saturated rings. The molecule has 0 aliphatic rings. The van der Waals surface area contributed by atoms with Gasteiger partial charge in [0.25, 0.3) is 5.56 Å². The summed E-state index contributed by atoms with van der Waals surface area (Å²) >= 11 is 11.6. The van der Waals surface area contributed by atoms with Gasteiger partial charge in [-0.2, -0.15) is 5.10 Å². The smallest absolute Gasteiger partial charge is 0.288 e. The van der Waals surface area contributed by atoms with Crippen molar-refractivity contribution in [3.63, 3.8) is 0 Å². The number of methoxy groups -OCH3 is 2. The molecule has 0 N–H and O–H groups in total. The van der Waals surface area contributed by atoms with Crippen LogP contribution in [0.4, 0.5) is 0 Å². The van der Waals surface area contributed by atoms with Gasteiger partial charge in [-0.15, -0.1) is 0 Å². The van der Waals surface area contributed by atoms with Gasteiger partial charge in [0.2, 0.25) is 0 Å². The van der Waals surface area contributed by atoms with E-state index >= 15 is 0 Å². The van der Waals surface area contributed by atoms with E-state index in [1.54, 1.807) is 14.2 Å². The van der Waals surface area contributed by atoms with Gasteiger partial charge in [-0.3, -0.25) is 9.69 Å². The van der Waals surface area contributed by atoms with Gasteiger partial charge < -0.3 is 9.47 Å². The summed E-state index contributed by atoms with van der Waals surface area (Å²) in [6.45, 7) is 0.826. The van der Waals surface area contributed by atoms with Crippen molar-refractivity contribution >= 4 is 23.2 Å². The molecular formula is C15H17Cl2N3O3. The van der Waals surface area contributed by atoms with E-state index in [9.17, 15) is 4.79 Å². The maximum atomic E-state index is 12.0. The molecule has 1 heterocycles. The predicted octanol–water partition coefficient (Wildman–Crippen LogP) is 2.66. The van der Waals surface area contributed by atoms with E-state index in [2.05, 4.69) is 5.10 Å². The van der Waals surface area contributed by atoms with Crippen LogP contribution in [0.25, 0.3) is 0 Å². The minimum atomic E-state index is -0.423. The van der Waals surface area contributed by atoms with E-state index in [-0.39, 0.29) is 16.7 Å². The van der Waals surface area contributed by atoms with Crippen molar-refractivity contribution < 1.29 is 9.47 Å². The van der Waals surface area contributed by atoms with Gasteiger partial charge in [0.15, 0.2) is 0 Å². The third-order valence-electron chi connectivity index (χ3n) is 3.25. The minimum Gasteiger partial charge on any atom is -0.497 e. The fourth-order valence-electron chi connectivity index (χ4n) is 2.10. The Bertz CT molecular complexity index is 749. The number of hydrogen-bond acceptors (Lipinski definition) is 5. The Morgan fingerprint density at radius 3 is 2.65 bits per heavy atom. The summed E-state index contributed by atoms with van der Waals surface area (Å²) in [5.74, 6) is 1.43. The molecule has 0 saturated heterocycles. The lowest BCUT2D eigenvalue weighted by Gasteiger charge is -2.19. The lowest BCUT2D eigenvalue weighted by Crippen LogP contribution is -2.31. The highest BCUT2D eigenvalue weighted by Gasteiger charge is 2.12. The molecule has 8 heteroatoms. The fourth-order valence-corrected chi connectivity index (χ4v) is 2.37. The summed E-state index contributed by atoms with van der Waals surface area (Å²) in [6, 6.07) is 5.58. The Labute approximate surface area is 144 Å². The second kappa shape index (κ2) is 7.68. The molecule has 2 aromatic rings. The third-order valence-corrected chi connectivity index (χ3v) is 4.00. The summed E-state index contributed by atoms with van der Waals surface area (Å²) < 4.78 is 11.8. The van der Waals surface area contributed by atoms with Crippen LogP contribution in [0.3, 0.4) is 0 Å². The first-order valence-electron chi connectivity index (χ1n) is 6.76. The van der Waals surface area contributed by atoms with Crippen LogP contribution in [-0.4, -0.2) is 35.9 Å². The zero-order valence-corrected chi connectivity index (χ0v) is 14.6. The number of nitrogens with zero attached hydrogens (tertiary/aromatic N) is 3. The maximum Gasteiger partial charge on any atom is 0.288 e. The highest BCUT2D eigenvalue weighted by atomic mass is 35.5. The van der Waals surface area contributed by atoms with Crippen LogP contribution in [-0.2, 0) is 13.2 Å². The molecule has 0 spiro atoms. The molecule has 0 radical (unpaired) electrons. The SMILES string of the molecule is COc1ccc(CN(C)Cn2ncc(Cl)c(Cl)c2=O)c(OC)c1. The van der Waals surface area contributed by atoms with Gasteiger partial charge in [-0.25, -0.2) is 4.68 Å². The zero-order chi connectivity index (χ0) is 17.0. The monoisotopic (exact) mass is 357 g/mol. The van der Waals surface area contributed by atoms with Gasteiger partial charge >= 0.3 is 0 Å². The van der Waals surface area contributed by atoms with Crippen LogP contribution < -0.4 is 15.0 Å². The molecule has 2 rings (SSSR count). The van der Waals surface area contributed by atoms with Crippen molar-refractivity contribution in [2.75, 3.05) is 21.3 Å². The fraction of sp³-hybridized carbons (Fsp3) is 0.333. The Morgan fingerprint density at radius 1 is 1.26 bits per heavy atom. The summed E-state index contributed by atoms with van der Waals surface area (Å²) in [4.78, 5) is 13.9. The van der Waals surface area contributed by atoms with Gasteiger partial charge in [-0.1, -0.05) is 29.3 Å². The highest BCUT2D eigenvalue weighted by Crippen LogP contribution is 2.25. The molecule has 0 aliphatic heterocycles. The average Bonchev–Trinajstić information content (AvgIpc) is 2.55. The molecule has 1 aromatic heterocycles. The molecular weight excluding hydrogens is 341 g/mol. The number of hydrogen-bond donors (Lipinski definition) is 0. The van der Waals surface area contributed by atoms with E-state index in [1.165, 1.54) is 10.9 Å². The third kappa shape index (κ3) is 4.16. The number of rotatable bonds is 6. The number of aromatic nitrogens is 2. The molecule has 1 aromatic carbocycles. The second-order valence-corrected chi connectivity index (χ2v) is 5.73. The van der Waals surface area contributed by atoms with Crippen molar-refractivity contribution in [2.45, 2.75) is 13.2 Å². The van der Waals surface area contributed by atoms with Crippen LogP contribution >= 0.6 is 23.2 Å². The van der Waals surface area contributed by atoms with Crippen LogP contribution in [0.1, 0.15) is 5.56 Å². The first-order valence-corrected chi connectivity index (χ1v) is 7.52. The van der Waals surface area contributed by atoms with Gasteiger partial charge in [0, 0.05) is 18.2 Å². The molecule has 0 bridgehead atoms. The Morgan fingerprint density at radius 2 is 2.00 bits per heavy atom. The van der Waals surface area contributed by atoms with Crippen LogP contribution in [0, 0.1) is 0 Å². The largest absolute Gasteiger partial charge is 0.497 e. The van der Waals surface area contributed by atoms with Crippen molar-refractivity contribution in [1.82, 2.24) is 14.7 Å². The predicted molar refractivity (Wildman–Crippen MR) is 89.5 cm³/mol. The van der Waals surface area contributed by atoms with Crippen LogP contribution in [0.2, 0.25) is 10.0 Å². The first-order chi connectivity index (χ1) is 11.0. The highest BCUT2D eigenvalue weighted by molar-refractivity contribution is 6.41. The second-order valence-electron chi connectivity index (χ2n) is 4.94. The quantitative estimate of drug-likeness (QED) is 0.795. The molecule has 0 amide bonds. The van der Waals surface area contributed by atoms with Crippen molar-refractivity contribution in [2.24, 2.45) is 0 Å². The molecule has 0 saturated carbocycles. The molecule has 0 unspecified atom stereocenters. The van der Waals surface area contributed by atoms with E-state index in [4.69, 9.17) is 32.7 Å². The summed E-state index contributed by atoms with van der Waals surface area (Å²) in [5.41, 5.74) is 0.539. The van der Waals surface area contributed by atoms with E-state index in [0.29, 0.717) is 12.3 Å². The minimum absolute atomic E-state index is 0.0305. The van der Waals surface area contributed by atoms with E-state index in [0.717, 1.165) is 11.3 Å². The Hall–Kier alpha value is -1.76.